The fourth-order valence-electron chi connectivity index (χ4n) is 2.46. The Kier molecular flexibility index (Phi) is 2.59. The summed E-state index contributed by atoms with van der Waals surface area (Å²) in [6.07, 6.45) is 1.41. The number of fused-ring (bicyclic) bond motifs is 3. The maximum absolute atomic E-state index is 6.20. The highest BCUT2D eigenvalue weighted by molar-refractivity contribution is 6.35. The van der Waals surface area contributed by atoms with Crippen LogP contribution in [0.1, 0.15) is 0 Å². The van der Waals surface area contributed by atoms with Crippen molar-refractivity contribution >= 4 is 39.4 Å². The van der Waals surface area contributed by atoms with Crippen LogP contribution in [0.2, 0.25) is 5.02 Å². The molecule has 2 aromatic carbocycles. The molecule has 5 heteroatoms. The summed E-state index contributed by atoms with van der Waals surface area (Å²) in [4.78, 5) is 8.11. The van der Waals surface area contributed by atoms with E-state index in [0.29, 0.717) is 10.7 Å². The lowest BCUT2D eigenvalue weighted by Gasteiger charge is -2.04. The molecule has 0 bridgehead atoms. The van der Waals surface area contributed by atoms with Gasteiger partial charge in [0.15, 0.2) is 0 Å². The number of aromatic nitrogens is 2. The number of hydrogen-bond acceptors (Lipinski definition) is 4. The lowest BCUT2D eigenvalue weighted by Crippen LogP contribution is -1.95. The Morgan fingerprint density at radius 3 is 2.67 bits per heavy atom. The van der Waals surface area contributed by atoms with Crippen molar-refractivity contribution < 1.29 is 4.42 Å². The molecule has 0 amide bonds. The molecule has 21 heavy (non-hydrogen) atoms. The standard InChI is InChI=1S/C16H10ClN3O/c17-14-15(19-8-20-16(14)18)9-5-6-13-11(7-9)10-3-1-2-4-12(10)21-13/h1-8H,(H2,18,19,20). The Labute approximate surface area is 125 Å². The number of nitrogens with two attached hydrogens (primary N) is 1. The second-order valence-corrected chi connectivity index (χ2v) is 5.11. The van der Waals surface area contributed by atoms with Gasteiger partial charge in [-0.25, -0.2) is 9.97 Å². The van der Waals surface area contributed by atoms with E-state index in [1.54, 1.807) is 0 Å². The molecule has 0 aliphatic heterocycles. The highest BCUT2D eigenvalue weighted by atomic mass is 35.5. The second-order valence-electron chi connectivity index (χ2n) is 4.73. The van der Waals surface area contributed by atoms with Gasteiger partial charge in [0, 0.05) is 16.3 Å². The van der Waals surface area contributed by atoms with E-state index in [4.69, 9.17) is 21.8 Å². The first kappa shape index (κ1) is 12.2. The fraction of sp³-hybridized carbons (Fsp3) is 0. The van der Waals surface area contributed by atoms with Crippen molar-refractivity contribution in [2.75, 3.05) is 5.73 Å². The molecule has 0 saturated carbocycles. The van der Waals surface area contributed by atoms with Gasteiger partial charge in [-0.3, -0.25) is 0 Å². The Hall–Kier alpha value is -2.59. The third-order valence-electron chi connectivity index (χ3n) is 3.47. The van der Waals surface area contributed by atoms with Crippen LogP contribution in [-0.4, -0.2) is 9.97 Å². The third-order valence-corrected chi connectivity index (χ3v) is 3.84. The topological polar surface area (TPSA) is 64.9 Å². The van der Waals surface area contributed by atoms with Gasteiger partial charge in [-0.15, -0.1) is 0 Å². The summed E-state index contributed by atoms with van der Waals surface area (Å²) in [7, 11) is 0. The molecule has 4 aromatic rings. The molecule has 0 atom stereocenters. The lowest BCUT2D eigenvalue weighted by molar-refractivity contribution is 0.669. The van der Waals surface area contributed by atoms with Crippen molar-refractivity contribution in [3.05, 3.63) is 53.8 Å². The number of nitrogens with zero attached hydrogens (tertiary/aromatic N) is 2. The monoisotopic (exact) mass is 295 g/mol. The average molecular weight is 296 g/mol. The van der Waals surface area contributed by atoms with Crippen LogP contribution in [0.4, 0.5) is 5.82 Å². The number of furan rings is 1. The number of hydrogen-bond donors (Lipinski definition) is 1. The minimum atomic E-state index is 0.277. The SMILES string of the molecule is Nc1ncnc(-c2ccc3oc4ccccc4c3c2)c1Cl. The summed E-state index contributed by atoms with van der Waals surface area (Å²) in [5, 5.41) is 2.45. The first-order chi connectivity index (χ1) is 10.2. The predicted molar refractivity (Wildman–Crippen MR) is 84.2 cm³/mol. The molecule has 0 radical (unpaired) electrons. The van der Waals surface area contributed by atoms with Crippen molar-refractivity contribution in [3.63, 3.8) is 0 Å². The summed E-state index contributed by atoms with van der Waals surface area (Å²) in [5.41, 5.74) is 8.93. The molecule has 2 heterocycles. The molecule has 102 valence electrons. The van der Waals surface area contributed by atoms with Crippen LogP contribution in [0, 0.1) is 0 Å². The molecular weight excluding hydrogens is 286 g/mol. The largest absolute Gasteiger partial charge is 0.456 e. The fourth-order valence-corrected chi connectivity index (χ4v) is 2.66. The van der Waals surface area contributed by atoms with E-state index in [1.807, 2.05) is 42.5 Å². The summed E-state index contributed by atoms with van der Waals surface area (Å²) >= 11 is 6.20. The number of benzene rings is 2. The third kappa shape index (κ3) is 1.84. The minimum Gasteiger partial charge on any atom is -0.456 e. The van der Waals surface area contributed by atoms with Crippen LogP contribution in [0.3, 0.4) is 0 Å². The first-order valence-electron chi connectivity index (χ1n) is 6.41. The van der Waals surface area contributed by atoms with Gasteiger partial charge in [0.05, 0.1) is 5.69 Å². The number of nitrogen functional groups attached to an aromatic ring is 1. The van der Waals surface area contributed by atoms with Crippen LogP contribution >= 0.6 is 11.6 Å². The zero-order valence-electron chi connectivity index (χ0n) is 10.9. The van der Waals surface area contributed by atoms with Gasteiger partial charge < -0.3 is 10.2 Å². The smallest absolute Gasteiger partial charge is 0.146 e. The van der Waals surface area contributed by atoms with E-state index in [9.17, 15) is 0 Å². The van der Waals surface area contributed by atoms with E-state index < -0.39 is 0 Å². The van der Waals surface area contributed by atoms with E-state index in [-0.39, 0.29) is 5.82 Å². The van der Waals surface area contributed by atoms with E-state index in [1.165, 1.54) is 6.33 Å². The highest BCUT2D eigenvalue weighted by Crippen LogP contribution is 2.34. The van der Waals surface area contributed by atoms with Crippen molar-refractivity contribution in [2.24, 2.45) is 0 Å². The first-order valence-corrected chi connectivity index (χ1v) is 6.79. The molecule has 2 N–H and O–H groups in total. The van der Waals surface area contributed by atoms with Crippen molar-refractivity contribution in [1.82, 2.24) is 9.97 Å². The zero-order valence-corrected chi connectivity index (χ0v) is 11.6. The van der Waals surface area contributed by atoms with Gasteiger partial charge in [-0.05, 0) is 24.3 Å². The Morgan fingerprint density at radius 1 is 0.952 bits per heavy atom. The maximum atomic E-state index is 6.20. The summed E-state index contributed by atoms with van der Waals surface area (Å²) in [6.45, 7) is 0. The summed E-state index contributed by atoms with van der Waals surface area (Å²) in [6, 6.07) is 13.8. The molecule has 4 nitrogen and oxygen atoms in total. The zero-order chi connectivity index (χ0) is 14.4. The molecule has 0 saturated heterocycles. The Morgan fingerprint density at radius 2 is 1.76 bits per heavy atom. The molecule has 0 aliphatic rings. The number of para-hydroxylation sites is 1. The van der Waals surface area contributed by atoms with Crippen molar-refractivity contribution in [1.29, 1.82) is 0 Å². The lowest BCUT2D eigenvalue weighted by atomic mass is 10.1. The van der Waals surface area contributed by atoms with Gasteiger partial charge in [0.1, 0.15) is 28.3 Å². The minimum absolute atomic E-state index is 0.277. The van der Waals surface area contributed by atoms with Crippen LogP contribution < -0.4 is 5.73 Å². The number of rotatable bonds is 1. The molecule has 4 rings (SSSR count). The predicted octanol–water partition coefficient (Wildman–Crippen LogP) is 4.28. The van der Waals surface area contributed by atoms with E-state index >= 15 is 0 Å². The van der Waals surface area contributed by atoms with Crippen LogP contribution in [0.25, 0.3) is 33.2 Å². The molecule has 0 aliphatic carbocycles. The van der Waals surface area contributed by atoms with Crippen molar-refractivity contribution in [3.8, 4) is 11.3 Å². The van der Waals surface area contributed by atoms with Crippen LogP contribution in [0.15, 0.2) is 53.2 Å². The number of halogens is 1. The molecule has 0 spiro atoms. The van der Waals surface area contributed by atoms with Gasteiger partial charge in [0.25, 0.3) is 0 Å². The summed E-state index contributed by atoms with van der Waals surface area (Å²) < 4.78 is 5.81. The van der Waals surface area contributed by atoms with Gasteiger partial charge in [-0.2, -0.15) is 0 Å². The normalized spacial score (nSPS) is 11.3. The second kappa shape index (κ2) is 4.46. The average Bonchev–Trinajstić information content (AvgIpc) is 2.88. The quantitative estimate of drug-likeness (QED) is 0.569. The van der Waals surface area contributed by atoms with E-state index in [2.05, 4.69) is 9.97 Å². The van der Waals surface area contributed by atoms with Crippen molar-refractivity contribution in [2.45, 2.75) is 0 Å². The van der Waals surface area contributed by atoms with Gasteiger partial charge in [-0.1, -0.05) is 29.8 Å². The van der Waals surface area contributed by atoms with Gasteiger partial charge in [0.2, 0.25) is 0 Å². The highest BCUT2D eigenvalue weighted by Gasteiger charge is 2.12. The molecule has 2 aromatic heterocycles. The van der Waals surface area contributed by atoms with Crippen LogP contribution in [-0.2, 0) is 0 Å². The Bertz CT molecular complexity index is 978. The van der Waals surface area contributed by atoms with Crippen LogP contribution in [0.5, 0.6) is 0 Å². The molecule has 0 unspecified atom stereocenters. The molecular formula is C16H10ClN3O. The summed E-state index contributed by atoms with van der Waals surface area (Å²) in [5.74, 6) is 0.277. The maximum Gasteiger partial charge on any atom is 0.146 e. The number of anilines is 1. The van der Waals surface area contributed by atoms with E-state index in [0.717, 1.165) is 27.5 Å². The Balaban J connectivity index is 2.02. The molecule has 0 fully saturated rings. The van der Waals surface area contributed by atoms with Gasteiger partial charge >= 0.3 is 0 Å².